The van der Waals surface area contributed by atoms with Crippen LogP contribution in [0.4, 0.5) is 8.78 Å². The van der Waals surface area contributed by atoms with Crippen LogP contribution >= 0.6 is 0 Å². The monoisotopic (exact) mass is 466 g/mol. The summed E-state index contributed by atoms with van der Waals surface area (Å²) in [6.45, 7) is 6.10. The predicted molar refractivity (Wildman–Crippen MR) is 137 cm³/mol. The van der Waals surface area contributed by atoms with E-state index in [1.165, 1.54) is 57.4 Å². The van der Waals surface area contributed by atoms with Crippen molar-refractivity contribution in [3.8, 4) is 0 Å². The molecule has 1 rings (SSSR count). The molecular weight excluding hydrogens is 418 g/mol. The minimum Gasteiger partial charge on any atom is -0.347 e. The van der Waals surface area contributed by atoms with Gasteiger partial charge in [0.05, 0.1) is 11.8 Å². The number of nitrogens with one attached hydrogen (secondary N) is 1. The van der Waals surface area contributed by atoms with Crippen molar-refractivity contribution in [1.29, 1.82) is 0 Å². The average Bonchev–Trinajstić information content (AvgIpc) is 3.23. The Hall–Kier alpha value is -1.52. The maximum absolute atomic E-state index is 14.3. The van der Waals surface area contributed by atoms with Crippen LogP contribution in [0.5, 0.6) is 0 Å². The summed E-state index contributed by atoms with van der Waals surface area (Å²) >= 11 is 0. The molecule has 2 atom stereocenters. The maximum atomic E-state index is 14.3. The molecule has 0 aromatic carbocycles. The van der Waals surface area contributed by atoms with Crippen LogP contribution in [0.2, 0.25) is 0 Å². The Morgan fingerprint density at radius 3 is 1.91 bits per heavy atom. The normalized spacial score (nSPS) is 19.8. The second kappa shape index (κ2) is 18.9. The number of unbranched alkanes of at least 4 members (excludes halogenated alkanes) is 12. The Labute approximate surface area is 201 Å². The van der Waals surface area contributed by atoms with E-state index in [1.807, 2.05) is 0 Å². The van der Waals surface area contributed by atoms with E-state index >= 15 is 0 Å². The maximum Gasteiger partial charge on any atom is 0.279 e. The van der Waals surface area contributed by atoms with Crippen molar-refractivity contribution in [1.82, 2.24) is 5.32 Å². The van der Waals surface area contributed by atoms with Crippen LogP contribution in [0, 0.1) is 0 Å². The van der Waals surface area contributed by atoms with Crippen molar-refractivity contribution in [2.45, 2.75) is 142 Å². The van der Waals surface area contributed by atoms with Gasteiger partial charge in [0, 0.05) is 6.04 Å². The SMILES string of the molecule is CCCCCCCCC=C(F)C(=O)NC1CCC(N=C(C)/C(F)=C\CCCCCCCC)C1. The van der Waals surface area contributed by atoms with E-state index in [-0.39, 0.29) is 17.9 Å². The van der Waals surface area contributed by atoms with Gasteiger partial charge in [-0.15, -0.1) is 0 Å². The molecule has 1 saturated carbocycles. The Morgan fingerprint density at radius 2 is 1.33 bits per heavy atom. The molecule has 1 fully saturated rings. The van der Waals surface area contributed by atoms with Gasteiger partial charge in [-0.05, 0) is 64.0 Å². The molecule has 0 aliphatic heterocycles. The van der Waals surface area contributed by atoms with Crippen LogP contribution in [0.15, 0.2) is 28.8 Å². The van der Waals surface area contributed by atoms with Crippen LogP contribution in [0.25, 0.3) is 0 Å². The fourth-order valence-electron chi connectivity index (χ4n) is 4.34. The molecule has 3 nitrogen and oxygen atoms in total. The van der Waals surface area contributed by atoms with E-state index in [1.54, 1.807) is 13.0 Å². The first-order valence-corrected chi connectivity index (χ1v) is 13.5. The van der Waals surface area contributed by atoms with Crippen LogP contribution in [-0.4, -0.2) is 23.7 Å². The van der Waals surface area contributed by atoms with Gasteiger partial charge in [0.15, 0.2) is 5.83 Å². The molecule has 0 radical (unpaired) electrons. The van der Waals surface area contributed by atoms with Gasteiger partial charge in [0.25, 0.3) is 5.91 Å². The van der Waals surface area contributed by atoms with Gasteiger partial charge in [-0.2, -0.15) is 0 Å². The lowest BCUT2D eigenvalue weighted by Crippen LogP contribution is -2.33. The second-order valence-corrected chi connectivity index (χ2v) is 9.57. The van der Waals surface area contributed by atoms with E-state index in [0.29, 0.717) is 18.6 Å². The number of carbonyl (C=O) groups excluding carboxylic acids is 1. The summed E-state index contributed by atoms with van der Waals surface area (Å²) in [6.07, 6.45) is 20.6. The molecule has 1 aliphatic carbocycles. The lowest BCUT2D eigenvalue weighted by molar-refractivity contribution is -0.119. The second-order valence-electron chi connectivity index (χ2n) is 9.57. The molecule has 0 saturated heterocycles. The highest BCUT2D eigenvalue weighted by atomic mass is 19.1. The first kappa shape index (κ1) is 29.5. The summed E-state index contributed by atoms with van der Waals surface area (Å²) in [4.78, 5) is 16.6. The van der Waals surface area contributed by atoms with E-state index in [0.717, 1.165) is 44.9 Å². The van der Waals surface area contributed by atoms with Crippen molar-refractivity contribution in [2.24, 2.45) is 4.99 Å². The summed E-state index contributed by atoms with van der Waals surface area (Å²) in [6, 6.07) is -0.110. The molecule has 2 unspecified atom stereocenters. The number of aliphatic imine (C=N–C) groups is 1. The Balaban J connectivity index is 2.29. The van der Waals surface area contributed by atoms with Gasteiger partial charge >= 0.3 is 0 Å². The molecule has 1 aliphatic rings. The quantitative estimate of drug-likeness (QED) is 0.122. The highest BCUT2D eigenvalue weighted by Gasteiger charge is 2.26. The summed E-state index contributed by atoms with van der Waals surface area (Å²) < 4.78 is 28.4. The van der Waals surface area contributed by atoms with Crippen molar-refractivity contribution >= 4 is 11.6 Å². The molecule has 0 bridgehead atoms. The minimum absolute atomic E-state index is 0.0151. The molecule has 33 heavy (non-hydrogen) atoms. The summed E-state index contributed by atoms with van der Waals surface area (Å²) in [5, 5.41) is 2.78. The molecule has 1 N–H and O–H groups in total. The Morgan fingerprint density at radius 1 is 0.818 bits per heavy atom. The molecule has 190 valence electrons. The number of nitrogens with zero attached hydrogens (tertiary/aromatic N) is 1. The van der Waals surface area contributed by atoms with Crippen LogP contribution in [0.3, 0.4) is 0 Å². The third-order valence-electron chi connectivity index (χ3n) is 6.44. The number of hydrogen-bond acceptors (Lipinski definition) is 2. The van der Waals surface area contributed by atoms with Crippen LogP contribution in [-0.2, 0) is 4.79 Å². The standard InChI is InChI=1S/C28H48F2N2O/c1-4-6-8-10-12-14-16-18-26(29)23(3)31-24-20-21-25(22-24)32-28(33)27(30)19-17-15-13-11-9-7-5-2/h18-19,24-25H,4-17,20-22H2,1-3H3,(H,32,33)/b26-18+,27-19?,31-23?. The van der Waals surface area contributed by atoms with Crippen LogP contribution in [0.1, 0.15) is 130 Å². The summed E-state index contributed by atoms with van der Waals surface area (Å²) in [5.41, 5.74) is 0.433. The van der Waals surface area contributed by atoms with Gasteiger partial charge in [0.1, 0.15) is 5.83 Å². The summed E-state index contributed by atoms with van der Waals surface area (Å²) in [5.74, 6) is -1.55. The van der Waals surface area contributed by atoms with Gasteiger partial charge in [-0.3, -0.25) is 9.79 Å². The lowest BCUT2D eigenvalue weighted by Gasteiger charge is -2.11. The van der Waals surface area contributed by atoms with Crippen molar-refractivity contribution in [2.75, 3.05) is 0 Å². The number of hydrogen-bond donors (Lipinski definition) is 1. The zero-order valence-corrected chi connectivity index (χ0v) is 21.4. The molecular formula is C28H48F2N2O. The molecule has 5 heteroatoms. The molecule has 1 amide bonds. The highest BCUT2D eigenvalue weighted by Crippen LogP contribution is 2.24. The fourth-order valence-corrected chi connectivity index (χ4v) is 4.34. The Bertz CT molecular complexity index is 627. The van der Waals surface area contributed by atoms with Gasteiger partial charge in [-0.1, -0.05) is 78.1 Å². The summed E-state index contributed by atoms with van der Waals surface area (Å²) in [7, 11) is 0. The number of carbonyl (C=O) groups is 1. The number of rotatable bonds is 18. The van der Waals surface area contributed by atoms with Crippen molar-refractivity contribution in [3.05, 3.63) is 23.8 Å². The number of halogens is 2. The van der Waals surface area contributed by atoms with Gasteiger partial charge < -0.3 is 5.32 Å². The molecule has 0 aromatic heterocycles. The van der Waals surface area contributed by atoms with E-state index in [4.69, 9.17) is 0 Å². The number of allylic oxidation sites excluding steroid dienone is 3. The van der Waals surface area contributed by atoms with Gasteiger partial charge in [-0.25, -0.2) is 8.78 Å². The van der Waals surface area contributed by atoms with E-state index < -0.39 is 11.7 Å². The zero-order chi connectivity index (χ0) is 24.3. The van der Waals surface area contributed by atoms with Crippen LogP contribution < -0.4 is 5.32 Å². The smallest absolute Gasteiger partial charge is 0.279 e. The largest absolute Gasteiger partial charge is 0.347 e. The fraction of sp³-hybridized carbons (Fsp3) is 0.786. The molecule has 0 aromatic rings. The average molecular weight is 467 g/mol. The topological polar surface area (TPSA) is 41.5 Å². The Kier molecular flexibility index (Phi) is 16.9. The minimum atomic E-state index is -0.685. The van der Waals surface area contributed by atoms with Crippen molar-refractivity contribution < 1.29 is 13.6 Å². The zero-order valence-electron chi connectivity index (χ0n) is 21.4. The first-order chi connectivity index (χ1) is 16.0. The molecule has 0 spiro atoms. The first-order valence-electron chi connectivity index (χ1n) is 13.5. The van der Waals surface area contributed by atoms with E-state index in [9.17, 15) is 13.6 Å². The van der Waals surface area contributed by atoms with Crippen molar-refractivity contribution in [3.63, 3.8) is 0 Å². The van der Waals surface area contributed by atoms with Gasteiger partial charge in [0.2, 0.25) is 0 Å². The third kappa shape index (κ3) is 14.4. The third-order valence-corrected chi connectivity index (χ3v) is 6.44. The lowest BCUT2D eigenvalue weighted by atomic mass is 10.1. The number of amides is 1. The highest BCUT2D eigenvalue weighted by molar-refractivity contribution is 5.96. The molecule has 0 heterocycles. The predicted octanol–water partition coefficient (Wildman–Crippen LogP) is 8.69. The van der Waals surface area contributed by atoms with E-state index in [2.05, 4.69) is 24.2 Å².